The highest BCUT2D eigenvalue weighted by Crippen LogP contribution is 2.32. The van der Waals surface area contributed by atoms with Crippen LogP contribution < -0.4 is 14.3 Å². The monoisotopic (exact) mass is 431 g/mol. The van der Waals surface area contributed by atoms with Crippen molar-refractivity contribution in [2.75, 3.05) is 6.79 Å². The maximum atomic E-state index is 14.5. The van der Waals surface area contributed by atoms with Gasteiger partial charge in [-0.3, -0.25) is 4.99 Å². The van der Waals surface area contributed by atoms with Crippen molar-refractivity contribution in [2.45, 2.75) is 6.54 Å². The van der Waals surface area contributed by atoms with Crippen LogP contribution in [0.2, 0.25) is 0 Å². The van der Waals surface area contributed by atoms with Crippen LogP contribution in [0.3, 0.4) is 0 Å². The van der Waals surface area contributed by atoms with Gasteiger partial charge >= 0.3 is 0 Å². The summed E-state index contributed by atoms with van der Waals surface area (Å²) in [7, 11) is 0. The maximum Gasteiger partial charge on any atom is 0.231 e. The molecule has 1 aromatic heterocycles. The molecule has 0 bridgehead atoms. The molecule has 0 saturated carbocycles. The minimum Gasteiger partial charge on any atom is -0.454 e. The van der Waals surface area contributed by atoms with Crippen molar-refractivity contribution in [1.29, 1.82) is 0 Å². The molecule has 1 aliphatic heterocycles. The zero-order chi connectivity index (χ0) is 21.0. The smallest absolute Gasteiger partial charge is 0.231 e. The average molecular weight is 431 g/mol. The molecule has 0 aliphatic carbocycles. The third-order valence-corrected chi connectivity index (χ3v) is 5.65. The summed E-state index contributed by atoms with van der Waals surface area (Å²) in [6, 6.07) is 22.3. The molecule has 3 aromatic carbocycles. The quantitative estimate of drug-likeness (QED) is 0.415. The Bertz CT molecular complexity index is 1310. The van der Waals surface area contributed by atoms with Crippen LogP contribution in [-0.4, -0.2) is 17.7 Å². The predicted octanol–water partition coefficient (Wildman–Crippen LogP) is 5.07. The highest BCUT2D eigenvalue weighted by Gasteiger charge is 2.14. The highest BCUT2D eigenvalue weighted by atomic mass is 32.1. The van der Waals surface area contributed by atoms with Gasteiger partial charge in [0.15, 0.2) is 11.5 Å². The van der Waals surface area contributed by atoms with Crippen LogP contribution in [0, 0.1) is 5.82 Å². The lowest BCUT2D eigenvalue weighted by molar-refractivity contribution is 0.174. The molecule has 0 saturated heterocycles. The lowest BCUT2D eigenvalue weighted by Crippen LogP contribution is -2.12. The summed E-state index contributed by atoms with van der Waals surface area (Å²) in [4.78, 5) is 5.40. The molecular formula is C24H18FN3O2S. The average Bonchev–Trinajstić information content (AvgIpc) is 3.43. The molecule has 0 spiro atoms. The highest BCUT2D eigenvalue weighted by molar-refractivity contribution is 7.07. The molecular weight excluding hydrogens is 413 g/mol. The van der Waals surface area contributed by atoms with Crippen molar-refractivity contribution in [3.63, 3.8) is 0 Å². The molecule has 1 aliphatic rings. The number of aromatic nitrogens is 1. The molecule has 5 rings (SSSR count). The topological polar surface area (TPSA) is 48.1 Å². The summed E-state index contributed by atoms with van der Waals surface area (Å²) in [5, 5.41) is 6.51. The molecule has 2 heterocycles. The summed E-state index contributed by atoms with van der Waals surface area (Å²) in [5.74, 6) is 1.09. The van der Waals surface area contributed by atoms with Crippen molar-refractivity contribution < 1.29 is 13.9 Å². The lowest BCUT2D eigenvalue weighted by Gasteiger charge is -2.05. The van der Waals surface area contributed by atoms with E-state index in [4.69, 9.17) is 14.5 Å². The van der Waals surface area contributed by atoms with Gasteiger partial charge < -0.3 is 9.47 Å². The first-order valence-corrected chi connectivity index (χ1v) is 10.6. The summed E-state index contributed by atoms with van der Waals surface area (Å²) in [5.41, 5.74) is 3.06. The molecule has 7 heteroatoms. The largest absolute Gasteiger partial charge is 0.454 e. The Morgan fingerprint density at radius 3 is 2.65 bits per heavy atom. The lowest BCUT2D eigenvalue weighted by atomic mass is 10.1. The normalized spacial score (nSPS) is 13.3. The molecule has 0 N–H and O–H groups in total. The van der Waals surface area contributed by atoms with Crippen LogP contribution >= 0.6 is 11.3 Å². The van der Waals surface area contributed by atoms with E-state index in [9.17, 15) is 4.39 Å². The van der Waals surface area contributed by atoms with Crippen LogP contribution in [-0.2, 0) is 6.54 Å². The molecule has 0 radical (unpaired) electrons. The number of halogens is 1. The number of hydrogen-bond donors (Lipinski definition) is 0. The number of benzene rings is 3. The Hall–Kier alpha value is -3.71. The van der Waals surface area contributed by atoms with Crippen molar-refractivity contribution in [3.05, 3.63) is 99.9 Å². The molecule has 4 aromatic rings. The Morgan fingerprint density at radius 2 is 1.77 bits per heavy atom. The fourth-order valence-corrected chi connectivity index (χ4v) is 4.06. The van der Waals surface area contributed by atoms with Gasteiger partial charge in [0.25, 0.3) is 0 Å². The fraction of sp³-hybridized carbons (Fsp3) is 0.0833. The second kappa shape index (κ2) is 8.57. The first-order valence-electron chi connectivity index (χ1n) is 9.72. The summed E-state index contributed by atoms with van der Waals surface area (Å²) < 4.78 is 27.0. The number of nitrogens with zero attached hydrogens (tertiary/aromatic N) is 3. The van der Waals surface area contributed by atoms with Crippen molar-refractivity contribution in [1.82, 2.24) is 4.68 Å². The van der Waals surface area contributed by atoms with Gasteiger partial charge in [-0.05, 0) is 41.5 Å². The van der Waals surface area contributed by atoms with E-state index in [1.54, 1.807) is 23.0 Å². The minimum absolute atomic E-state index is 0.217. The SMILES string of the molecule is Fc1ccccc1-c1csc(=NCc2ccccc2)n1N=Cc1ccc2c(c1)OCO2. The third-order valence-electron chi connectivity index (χ3n) is 4.79. The summed E-state index contributed by atoms with van der Waals surface area (Å²) in [6.45, 7) is 0.729. The van der Waals surface area contributed by atoms with E-state index in [0.29, 0.717) is 34.1 Å². The maximum absolute atomic E-state index is 14.5. The third kappa shape index (κ3) is 4.13. The first-order chi connectivity index (χ1) is 15.3. The Morgan fingerprint density at radius 1 is 0.968 bits per heavy atom. The minimum atomic E-state index is -0.304. The van der Waals surface area contributed by atoms with Gasteiger partial charge in [-0.2, -0.15) is 5.10 Å². The van der Waals surface area contributed by atoms with E-state index in [1.165, 1.54) is 17.4 Å². The van der Waals surface area contributed by atoms with Gasteiger partial charge in [0.2, 0.25) is 11.6 Å². The van der Waals surface area contributed by atoms with Gasteiger partial charge in [-0.25, -0.2) is 9.07 Å². The van der Waals surface area contributed by atoms with Gasteiger partial charge in [-0.1, -0.05) is 42.5 Å². The van der Waals surface area contributed by atoms with Gasteiger partial charge in [0.05, 0.1) is 18.5 Å². The van der Waals surface area contributed by atoms with Crippen LogP contribution in [0.25, 0.3) is 11.3 Å². The van der Waals surface area contributed by atoms with Crippen LogP contribution in [0.4, 0.5) is 4.39 Å². The number of thiazole rings is 1. The Balaban J connectivity index is 1.56. The van der Waals surface area contributed by atoms with Crippen LogP contribution in [0.5, 0.6) is 11.5 Å². The number of hydrogen-bond acceptors (Lipinski definition) is 5. The Kier molecular flexibility index (Phi) is 5.33. The van der Waals surface area contributed by atoms with E-state index in [0.717, 1.165) is 11.1 Å². The first kappa shape index (κ1) is 19.3. The second-order valence-corrected chi connectivity index (χ2v) is 7.69. The Labute approximate surface area is 182 Å². The number of fused-ring (bicyclic) bond motifs is 1. The zero-order valence-corrected chi connectivity index (χ0v) is 17.3. The summed E-state index contributed by atoms with van der Waals surface area (Å²) in [6.07, 6.45) is 1.71. The van der Waals surface area contributed by atoms with E-state index in [1.807, 2.05) is 60.0 Å². The van der Waals surface area contributed by atoms with Crippen molar-refractivity contribution in [3.8, 4) is 22.8 Å². The van der Waals surface area contributed by atoms with E-state index >= 15 is 0 Å². The molecule has 5 nitrogen and oxygen atoms in total. The molecule has 154 valence electrons. The standard InChI is InChI=1S/C24H18FN3O2S/c25-20-9-5-4-8-19(20)21-15-31-24(26-13-17-6-2-1-3-7-17)28(21)27-14-18-10-11-22-23(12-18)30-16-29-22/h1-12,14-15H,13,16H2. The second-order valence-electron chi connectivity index (χ2n) is 6.85. The van der Waals surface area contributed by atoms with E-state index in [-0.39, 0.29) is 12.6 Å². The van der Waals surface area contributed by atoms with E-state index < -0.39 is 0 Å². The van der Waals surface area contributed by atoms with Gasteiger partial charge in [-0.15, -0.1) is 11.3 Å². The number of ether oxygens (including phenoxy) is 2. The molecule has 0 amide bonds. The molecule has 0 atom stereocenters. The van der Waals surface area contributed by atoms with E-state index in [2.05, 4.69) is 5.10 Å². The fourth-order valence-electron chi connectivity index (χ4n) is 3.23. The number of rotatable bonds is 5. The molecule has 0 unspecified atom stereocenters. The van der Waals surface area contributed by atoms with Crippen LogP contribution in [0.15, 0.2) is 88.3 Å². The van der Waals surface area contributed by atoms with Gasteiger partial charge in [0.1, 0.15) is 5.82 Å². The van der Waals surface area contributed by atoms with Crippen molar-refractivity contribution in [2.24, 2.45) is 10.1 Å². The van der Waals surface area contributed by atoms with Crippen LogP contribution in [0.1, 0.15) is 11.1 Å². The molecule has 0 fully saturated rings. The van der Waals surface area contributed by atoms with Gasteiger partial charge in [0, 0.05) is 10.9 Å². The predicted molar refractivity (Wildman–Crippen MR) is 119 cm³/mol. The van der Waals surface area contributed by atoms with Crippen molar-refractivity contribution >= 4 is 17.6 Å². The zero-order valence-electron chi connectivity index (χ0n) is 16.4. The molecule has 31 heavy (non-hydrogen) atoms. The summed E-state index contributed by atoms with van der Waals surface area (Å²) >= 11 is 1.43.